The summed E-state index contributed by atoms with van der Waals surface area (Å²) in [6.07, 6.45) is -0.625. The fourth-order valence-corrected chi connectivity index (χ4v) is 2.55. The highest BCUT2D eigenvalue weighted by Gasteiger charge is 2.12. The number of aromatic nitrogens is 1. The number of aliphatic hydroxyl groups is 1. The third kappa shape index (κ3) is 1.95. The van der Waals surface area contributed by atoms with Gasteiger partial charge in [-0.15, -0.1) is 11.3 Å². The molecule has 0 aliphatic rings. The van der Waals surface area contributed by atoms with Crippen LogP contribution in [-0.2, 0) is 0 Å². The van der Waals surface area contributed by atoms with Crippen LogP contribution < -0.4 is 0 Å². The Labute approximate surface area is 103 Å². The molecule has 3 rings (SSSR count). The van der Waals surface area contributed by atoms with Crippen molar-refractivity contribution in [2.24, 2.45) is 0 Å². The molecule has 0 unspecified atom stereocenters. The van der Waals surface area contributed by atoms with E-state index in [9.17, 15) is 5.11 Å². The van der Waals surface area contributed by atoms with Crippen molar-refractivity contribution in [2.75, 3.05) is 0 Å². The second-order valence-electron chi connectivity index (χ2n) is 3.85. The standard InChI is InChI=1S/C14H11NOS/c16-14(13-6-3-9-17-13)12-8-7-10-4-1-2-5-11(10)15-12/h1-9,14,16H/t14-/m0/s1. The van der Waals surface area contributed by atoms with Crippen LogP contribution in [0.2, 0.25) is 0 Å². The second-order valence-corrected chi connectivity index (χ2v) is 4.83. The zero-order valence-corrected chi connectivity index (χ0v) is 9.89. The number of aliphatic hydroxyl groups excluding tert-OH is 1. The molecule has 0 radical (unpaired) electrons. The molecule has 3 aromatic rings. The monoisotopic (exact) mass is 241 g/mol. The van der Waals surface area contributed by atoms with Crippen LogP contribution in [0.5, 0.6) is 0 Å². The van der Waals surface area contributed by atoms with Crippen molar-refractivity contribution in [3.05, 3.63) is 64.5 Å². The highest BCUT2D eigenvalue weighted by molar-refractivity contribution is 7.10. The Kier molecular flexibility index (Phi) is 2.63. The number of nitrogens with zero attached hydrogens (tertiary/aromatic N) is 1. The normalized spacial score (nSPS) is 12.8. The lowest BCUT2D eigenvalue weighted by Gasteiger charge is -2.08. The third-order valence-electron chi connectivity index (χ3n) is 2.71. The average molecular weight is 241 g/mol. The summed E-state index contributed by atoms with van der Waals surface area (Å²) < 4.78 is 0. The maximum atomic E-state index is 10.2. The Morgan fingerprint density at radius 2 is 1.88 bits per heavy atom. The summed E-state index contributed by atoms with van der Waals surface area (Å²) in [7, 11) is 0. The predicted molar refractivity (Wildman–Crippen MR) is 70.1 cm³/mol. The molecule has 1 aromatic carbocycles. The van der Waals surface area contributed by atoms with E-state index in [1.807, 2.05) is 53.9 Å². The first-order chi connectivity index (χ1) is 8.34. The van der Waals surface area contributed by atoms with Crippen molar-refractivity contribution in [1.82, 2.24) is 4.98 Å². The van der Waals surface area contributed by atoms with Gasteiger partial charge in [0.1, 0.15) is 6.10 Å². The quantitative estimate of drug-likeness (QED) is 0.746. The number of rotatable bonds is 2. The lowest BCUT2D eigenvalue weighted by Crippen LogP contribution is -2.00. The topological polar surface area (TPSA) is 33.1 Å². The number of para-hydroxylation sites is 1. The molecule has 0 spiro atoms. The number of thiophene rings is 1. The minimum Gasteiger partial charge on any atom is -0.381 e. The average Bonchev–Trinajstić information content (AvgIpc) is 2.91. The summed E-state index contributed by atoms with van der Waals surface area (Å²) in [6.45, 7) is 0. The van der Waals surface area contributed by atoms with E-state index in [0.29, 0.717) is 5.69 Å². The molecular formula is C14H11NOS. The second kappa shape index (κ2) is 4.28. The predicted octanol–water partition coefficient (Wildman–Crippen LogP) is 3.38. The number of benzene rings is 1. The van der Waals surface area contributed by atoms with Gasteiger partial charge in [-0.25, -0.2) is 4.98 Å². The summed E-state index contributed by atoms with van der Waals surface area (Å²) in [4.78, 5) is 5.41. The van der Waals surface area contributed by atoms with Gasteiger partial charge in [-0.3, -0.25) is 0 Å². The maximum Gasteiger partial charge on any atom is 0.130 e. The van der Waals surface area contributed by atoms with Crippen molar-refractivity contribution in [3.8, 4) is 0 Å². The fourth-order valence-electron chi connectivity index (χ4n) is 1.83. The van der Waals surface area contributed by atoms with Crippen molar-refractivity contribution in [1.29, 1.82) is 0 Å². The van der Waals surface area contributed by atoms with Crippen molar-refractivity contribution in [2.45, 2.75) is 6.10 Å². The van der Waals surface area contributed by atoms with Gasteiger partial charge in [0, 0.05) is 10.3 Å². The first kappa shape index (κ1) is 10.4. The van der Waals surface area contributed by atoms with E-state index in [-0.39, 0.29) is 0 Å². The van der Waals surface area contributed by atoms with Gasteiger partial charge in [-0.1, -0.05) is 30.3 Å². The van der Waals surface area contributed by atoms with E-state index in [4.69, 9.17) is 0 Å². The molecule has 2 nitrogen and oxygen atoms in total. The van der Waals surface area contributed by atoms with Crippen molar-refractivity contribution < 1.29 is 5.11 Å². The molecular weight excluding hydrogens is 230 g/mol. The summed E-state index contributed by atoms with van der Waals surface area (Å²) in [6, 6.07) is 15.7. The molecule has 0 saturated heterocycles. The minimum absolute atomic E-state index is 0.625. The Balaban J connectivity index is 2.06. The van der Waals surface area contributed by atoms with Gasteiger partial charge in [0.15, 0.2) is 0 Å². The summed E-state index contributed by atoms with van der Waals surface area (Å²) in [5, 5.41) is 13.2. The summed E-state index contributed by atoms with van der Waals surface area (Å²) in [5.41, 5.74) is 1.62. The van der Waals surface area contributed by atoms with Crippen LogP contribution in [0.4, 0.5) is 0 Å². The smallest absolute Gasteiger partial charge is 0.130 e. The van der Waals surface area contributed by atoms with Crippen LogP contribution in [0.3, 0.4) is 0 Å². The van der Waals surface area contributed by atoms with E-state index < -0.39 is 6.10 Å². The van der Waals surface area contributed by atoms with Gasteiger partial charge in [0.25, 0.3) is 0 Å². The zero-order valence-electron chi connectivity index (χ0n) is 9.08. The molecule has 0 amide bonds. The molecule has 1 N–H and O–H groups in total. The molecule has 0 saturated carbocycles. The Morgan fingerprint density at radius 3 is 2.71 bits per heavy atom. The van der Waals surface area contributed by atoms with Crippen LogP contribution in [0, 0.1) is 0 Å². The number of hydrogen-bond acceptors (Lipinski definition) is 3. The van der Waals surface area contributed by atoms with Gasteiger partial charge < -0.3 is 5.11 Å². The summed E-state index contributed by atoms with van der Waals surface area (Å²) in [5.74, 6) is 0. The first-order valence-corrected chi connectivity index (χ1v) is 6.30. The SMILES string of the molecule is O[C@@H](c1ccc2ccccc2n1)c1cccs1. The maximum absolute atomic E-state index is 10.2. The molecule has 2 aromatic heterocycles. The van der Waals surface area contributed by atoms with Gasteiger partial charge >= 0.3 is 0 Å². The zero-order chi connectivity index (χ0) is 11.7. The Bertz CT molecular complexity index is 634. The van der Waals surface area contributed by atoms with Gasteiger partial charge in [-0.05, 0) is 23.6 Å². The van der Waals surface area contributed by atoms with Crippen LogP contribution >= 0.6 is 11.3 Å². The molecule has 17 heavy (non-hydrogen) atoms. The molecule has 3 heteroatoms. The minimum atomic E-state index is -0.625. The largest absolute Gasteiger partial charge is 0.381 e. The van der Waals surface area contributed by atoms with E-state index in [0.717, 1.165) is 15.8 Å². The van der Waals surface area contributed by atoms with Gasteiger partial charge in [0.05, 0.1) is 11.2 Å². The third-order valence-corrected chi connectivity index (χ3v) is 3.64. The highest BCUT2D eigenvalue weighted by Crippen LogP contribution is 2.25. The van der Waals surface area contributed by atoms with Crippen LogP contribution in [0.15, 0.2) is 53.9 Å². The number of pyridine rings is 1. The Morgan fingerprint density at radius 1 is 1.00 bits per heavy atom. The summed E-state index contributed by atoms with van der Waals surface area (Å²) >= 11 is 1.54. The highest BCUT2D eigenvalue weighted by atomic mass is 32.1. The van der Waals surface area contributed by atoms with Crippen LogP contribution in [0.25, 0.3) is 10.9 Å². The van der Waals surface area contributed by atoms with Crippen LogP contribution in [-0.4, -0.2) is 10.1 Å². The van der Waals surface area contributed by atoms with E-state index in [2.05, 4.69) is 4.98 Å². The number of fused-ring (bicyclic) bond motifs is 1. The van der Waals surface area contributed by atoms with Crippen molar-refractivity contribution in [3.63, 3.8) is 0 Å². The molecule has 2 heterocycles. The molecule has 1 atom stereocenters. The molecule has 0 bridgehead atoms. The molecule has 0 aliphatic carbocycles. The van der Waals surface area contributed by atoms with Gasteiger partial charge in [0.2, 0.25) is 0 Å². The molecule has 0 fully saturated rings. The molecule has 84 valence electrons. The van der Waals surface area contributed by atoms with E-state index >= 15 is 0 Å². The Hall–Kier alpha value is -1.71. The van der Waals surface area contributed by atoms with Crippen molar-refractivity contribution >= 4 is 22.2 Å². The number of hydrogen-bond donors (Lipinski definition) is 1. The van der Waals surface area contributed by atoms with Gasteiger partial charge in [-0.2, -0.15) is 0 Å². The molecule has 0 aliphatic heterocycles. The van der Waals surface area contributed by atoms with Crippen LogP contribution in [0.1, 0.15) is 16.7 Å². The van der Waals surface area contributed by atoms with E-state index in [1.165, 1.54) is 0 Å². The lowest BCUT2D eigenvalue weighted by molar-refractivity contribution is 0.219. The fraction of sp³-hybridized carbons (Fsp3) is 0.0714. The first-order valence-electron chi connectivity index (χ1n) is 5.42. The van der Waals surface area contributed by atoms with E-state index in [1.54, 1.807) is 11.3 Å². The lowest BCUT2D eigenvalue weighted by atomic mass is 10.1.